The SMILES string of the molecule is COC(=O)c1ccc(N2C(=O)NC(=O)/C(=C/c3cc(Br)c(OCC(=O)Nc4cccc(C)c4C)c(OC)c3)C2=O)cc1. The van der Waals surface area contributed by atoms with Crippen molar-refractivity contribution in [2.24, 2.45) is 0 Å². The van der Waals surface area contributed by atoms with E-state index in [0.717, 1.165) is 16.0 Å². The van der Waals surface area contributed by atoms with Crippen LogP contribution in [0.2, 0.25) is 0 Å². The molecule has 1 saturated heterocycles. The Morgan fingerprint density at radius 1 is 1.02 bits per heavy atom. The number of urea groups is 1. The fraction of sp³-hybridized carbons (Fsp3) is 0.167. The number of aryl methyl sites for hydroxylation is 1. The summed E-state index contributed by atoms with van der Waals surface area (Å²) in [6.45, 7) is 3.55. The standard InChI is InChI=1S/C30H26BrN3O8/c1-16-6-5-7-23(17(16)2)32-25(35)15-42-26-22(31)13-18(14-24(26)40-3)12-21-27(36)33-30(39)34(28(21)37)20-10-8-19(9-11-20)29(38)41-4/h5-14H,15H2,1-4H3,(H,32,35)(H,33,36,39)/b21-12-. The molecule has 3 aromatic carbocycles. The van der Waals surface area contributed by atoms with Crippen LogP contribution in [0.1, 0.15) is 27.0 Å². The Bertz CT molecular complexity index is 1630. The monoisotopic (exact) mass is 635 g/mol. The molecule has 4 rings (SSSR count). The molecule has 5 amide bonds. The lowest BCUT2D eigenvalue weighted by atomic mass is 10.1. The van der Waals surface area contributed by atoms with Gasteiger partial charge in [0.05, 0.1) is 29.9 Å². The Kier molecular flexibility index (Phi) is 9.06. The highest BCUT2D eigenvalue weighted by Gasteiger charge is 2.37. The molecule has 42 heavy (non-hydrogen) atoms. The van der Waals surface area contributed by atoms with Crippen molar-refractivity contribution in [2.45, 2.75) is 13.8 Å². The zero-order valence-electron chi connectivity index (χ0n) is 23.1. The van der Waals surface area contributed by atoms with Crippen LogP contribution in [0.25, 0.3) is 6.08 Å². The number of anilines is 2. The highest BCUT2D eigenvalue weighted by Crippen LogP contribution is 2.37. The average Bonchev–Trinajstić information content (AvgIpc) is 2.96. The van der Waals surface area contributed by atoms with Gasteiger partial charge in [-0.2, -0.15) is 0 Å². The van der Waals surface area contributed by atoms with Crippen LogP contribution in [0, 0.1) is 13.8 Å². The minimum Gasteiger partial charge on any atom is -0.493 e. The number of hydrogen-bond acceptors (Lipinski definition) is 8. The van der Waals surface area contributed by atoms with Crippen molar-refractivity contribution in [2.75, 3.05) is 31.0 Å². The smallest absolute Gasteiger partial charge is 0.337 e. The lowest BCUT2D eigenvalue weighted by Crippen LogP contribution is -2.54. The predicted molar refractivity (Wildman–Crippen MR) is 158 cm³/mol. The van der Waals surface area contributed by atoms with Crippen molar-refractivity contribution in [3.63, 3.8) is 0 Å². The van der Waals surface area contributed by atoms with Crippen LogP contribution in [0.15, 0.2) is 64.6 Å². The number of benzene rings is 3. The number of carbonyl (C=O) groups is 5. The molecule has 11 nitrogen and oxygen atoms in total. The summed E-state index contributed by atoms with van der Waals surface area (Å²) in [5.74, 6) is -2.25. The zero-order valence-corrected chi connectivity index (χ0v) is 24.7. The number of methoxy groups -OCH3 is 2. The minimum atomic E-state index is -0.936. The fourth-order valence-electron chi connectivity index (χ4n) is 4.10. The molecule has 0 unspecified atom stereocenters. The Hall–Kier alpha value is -4.97. The van der Waals surface area contributed by atoms with Gasteiger partial charge in [0, 0.05) is 5.69 Å². The van der Waals surface area contributed by atoms with E-state index in [2.05, 4.69) is 31.3 Å². The molecule has 1 aliphatic heterocycles. The van der Waals surface area contributed by atoms with Gasteiger partial charge in [-0.3, -0.25) is 19.7 Å². The second-order valence-corrected chi connectivity index (χ2v) is 9.97. The third kappa shape index (κ3) is 6.33. The first kappa shape index (κ1) is 30.0. The minimum absolute atomic E-state index is 0.144. The number of halogens is 1. The van der Waals surface area contributed by atoms with E-state index >= 15 is 0 Å². The molecule has 1 fully saturated rings. The summed E-state index contributed by atoms with van der Waals surface area (Å²) in [6, 6.07) is 13.3. The second-order valence-electron chi connectivity index (χ2n) is 9.11. The fourth-order valence-corrected chi connectivity index (χ4v) is 4.67. The van der Waals surface area contributed by atoms with E-state index in [-0.39, 0.29) is 40.8 Å². The molecule has 216 valence electrons. The Labute approximate surface area is 249 Å². The van der Waals surface area contributed by atoms with Crippen molar-refractivity contribution >= 4 is 63.1 Å². The summed E-state index contributed by atoms with van der Waals surface area (Å²) >= 11 is 3.40. The topological polar surface area (TPSA) is 140 Å². The highest BCUT2D eigenvalue weighted by molar-refractivity contribution is 9.10. The summed E-state index contributed by atoms with van der Waals surface area (Å²) < 4.78 is 16.2. The number of amides is 5. The Morgan fingerprint density at radius 3 is 2.40 bits per heavy atom. The number of carbonyl (C=O) groups excluding carboxylic acids is 5. The number of esters is 1. The number of nitrogens with one attached hydrogen (secondary N) is 2. The van der Waals surface area contributed by atoms with E-state index in [1.807, 2.05) is 26.0 Å². The first-order chi connectivity index (χ1) is 20.0. The van der Waals surface area contributed by atoms with Gasteiger partial charge in [-0.25, -0.2) is 14.5 Å². The van der Waals surface area contributed by atoms with Crippen LogP contribution in [0.3, 0.4) is 0 Å². The highest BCUT2D eigenvalue weighted by atomic mass is 79.9. The molecule has 0 atom stereocenters. The molecular formula is C30H26BrN3O8. The van der Waals surface area contributed by atoms with E-state index in [9.17, 15) is 24.0 Å². The van der Waals surface area contributed by atoms with E-state index in [1.165, 1.54) is 50.6 Å². The van der Waals surface area contributed by atoms with Crippen LogP contribution in [0.5, 0.6) is 11.5 Å². The lowest BCUT2D eigenvalue weighted by molar-refractivity contribution is -0.122. The van der Waals surface area contributed by atoms with Crippen molar-refractivity contribution in [1.29, 1.82) is 0 Å². The molecule has 3 aromatic rings. The van der Waals surface area contributed by atoms with Gasteiger partial charge in [-0.1, -0.05) is 12.1 Å². The third-order valence-corrected chi connectivity index (χ3v) is 7.03. The van der Waals surface area contributed by atoms with Crippen LogP contribution in [-0.2, 0) is 19.1 Å². The quantitative estimate of drug-likeness (QED) is 0.209. The molecule has 0 aliphatic carbocycles. The maximum Gasteiger partial charge on any atom is 0.337 e. The van der Waals surface area contributed by atoms with E-state index < -0.39 is 23.8 Å². The summed E-state index contributed by atoms with van der Waals surface area (Å²) in [7, 11) is 2.63. The second kappa shape index (κ2) is 12.7. The molecule has 0 radical (unpaired) electrons. The van der Waals surface area contributed by atoms with Gasteiger partial charge in [-0.15, -0.1) is 0 Å². The zero-order chi connectivity index (χ0) is 30.6. The number of imide groups is 2. The van der Waals surface area contributed by atoms with Crippen LogP contribution in [0.4, 0.5) is 16.2 Å². The van der Waals surface area contributed by atoms with Gasteiger partial charge in [0.1, 0.15) is 5.57 Å². The van der Waals surface area contributed by atoms with Gasteiger partial charge >= 0.3 is 12.0 Å². The molecule has 1 heterocycles. The van der Waals surface area contributed by atoms with Gasteiger partial charge in [0.2, 0.25) is 0 Å². The van der Waals surface area contributed by atoms with Crippen molar-refractivity contribution in [3.05, 3.63) is 86.9 Å². The van der Waals surface area contributed by atoms with E-state index in [0.29, 0.717) is 15.7 Å². The third-order valence-electron chi connectivity index (χ3n) is 6.44. The predicted octanol–water partition coefficient (Wildman–Crippen LogP) is 4.55. The normalized spacial score (nSPS) is 14.0. The molecule has 0 aromatic heterocycles. The summed E-state index contributed by atoms with van der Waals surface area (Å²) in [5.41, 5.74) is 3.09. The number of rotatable bonds is 8. The molecule has 0 bridgehead atoms. The van der Waals surface area contributed by atoms with Crippen LogP contribution >= 0.6 is 15.9 Å². The Morgan fingerprint density at radius 2 is 1.74 bits per heavy atom. The molecule has 0 spiro atoms. The van der Waals surface area contributed by atoms with Gasteiger partial charge in [0.15, 0.2) is 18.1 Å². The molecule has 0 saturated carbocycles. The van der Waals surface area contributed by atoms with Gasteiger partial charge in [-0.05, 0) is 95.0 Å². The average molecular weight is 636 g/mol. The number of nitrogens with zero attached hydrogens (tertiary/aromatic N) is 1. The van der Waals surface area contributed by atoms with Crippen LogP contribution in [-0.4, -0.2) is 50.5 Å². The van der Waals surface area contributed by atoms with E-state index in [4.69, 9.17) is 9.47 Å². The van der Waals surface area contributed by atoms with Crippen molar-refractivity contribution in [1.82, 2.24) is 5.32 Å². The Balaban J connectivity index is 1.55. The van der Waals surface area contributed by atoms with Crippen molar-refractivity contribution in [3.8, 4) is 11.5 Å². The largest absolute Gasteiger partial charge is 0.493 e. The maximum absolute atomic E-state index is 13.3. The number of barbiturate groups is 1. The molecule has 12 heteroatoms. The summed E-state index contributed by atoms with van der Waals surface area (Å²) in [4.78, 5) is 63.5. The lowest BCUT2D eigenvalue weighted by Gasteiger charge is -2.26. The van der Waals surface area contributed by atoms with Gasteiger partial charge < -0.3 is 19.5 Å². The van der Waals surface area contributed by atoms with Gasteiger partial charge in [0.25, 0.3) is 17.7 Å². The van der Waals surface area contributed by atoms with E-state index in [1.54, 1.807) is 12.1 Å². The van der Waals surface area contributed by atoms with Crippen molar-refractivity contribution < 1.29 is 38.2 Å². The number of hydrogen-bond donors (Lipinski definition) is 2. The summed E-state index contributed by atoms with van der Waals surface area (Å²) in [6.07, 6.45) is 1.30. The summed E-state index contributed by atoms with van der Waals surface area (Å²) in [5, 5.41) is 4.97. The first-order valence-electron chi connectivity index (χ1n) is 12.5. The maximum atomic E-state index is 13.3. The van der Waals surface area contributed by atoms with Crippen LogP contribution < -0.4 is 25.0 Å². The molecule has 1 aliphatic rings. The number of ether oxygens (including phenoxy) is 3. The molecular weight excluding hydrogens is 610 g/mol. The first-order valence-corrected chi connectivity index (χ1v) is 13.3. The molecule has 2 N–H and O–H groups in total.